The van der Waals surface area contributed by atoms with Gasteiger partial charge in [-0.15, -0.1) is 0 Å². The molecule has 1 aliphatic rings. The molecule has 2 unspecified atom stereocenters. The minimum Gasteiger partial charge on any atom is -0.465 e. The number of rotatable bonds is 8. The van der Waals surface area contributed by atoms with Crippen LogP contribution in [0.25, 0.3) is 0 Å². The van der Waals surface area contributed by atoms with E-state index in [1.165, 1.54) is 20.3 Å². The maximum Gasteiger partial charge on any atom is 0.338 e. The lowest BCUT2D eigenvalue weighted by Gasteiger charge is -2.37. The van der Waals surface area contributed by atoms with Gasteiger partial charge in [-0.3, -0.25) is 4.79 Å². The number of para-hydroxylation sites is 1. The van der Waals surface area contributed by atoms with Gasteiger partial charge >= 0.3 is 5.97 Å². The number of aldehydes is 1. The van der Waals surface area contributed by atoms with E-state index < -0.39 is 18.0 Å². The number of benzene rings is 2. The van der Waals surface area contributed by atoms with Crippen LogP contribution in [0.1, 0.15) is 58.8 Å². The van der Waals surface area contributed by atoms with Crippen LogP contribution in [0.2, 0.25) is 0 Å². The Morgan fingerprint density at radius 2 is 1.93 bits per heavy atom. The molecule has 1 saturated heterocycles. The van der Waals surface area contributed by atoms with Crippen molar-refractivity contribution in [1.29, 1.82) is 0 Å². The zero-order valence-electron chi connectivity index (χ0n) is 17.4. The van der Waals surface area contributed by atoms with Gasteiger partial charge in [0.2, 0.25) is 0 Å². The fourth-order valence-electron chi connectivity index (χ4n) is 3.39. The summed E-state index contributed by atoms with van der Waals surface area (Å²) in [5.41, 5.74) is 0.716. The number of hydrogen-bond donors (Lipinski definition) is 0. The van der Waals surface area contributed by atoms with Crippen molar-refractivity contribution >= 4 is 12.3 Å². The first-order chi connectivity index (χ1) is 14.5. The Morgan fingerprint density at radius 3 is 2.53 bits per heavy atom. The van der Waals surface area contributed by atoms with Crippen LogP contribution in [0.3, 0.4) is 0 Å². The number of esters is 1. The monoisotopic (exact) mass is 414 g/mol. The molecule has 3 rings (SSSR count). The van der Waals surface area contributed by atoms with Gasteiger partial charge in [0, 0.05) is 19.1 Å². The van der Waals surface area contributed by atoms with Crippen molar-refractivity contribution in [2.24, 2.45) is 0 Å². The van der Waals surface area contributed by atoms with Crippen LogP contribution in [0.5, 0.6) is 11.5 Å². The number of carbonyl (C=O) groups is 2. The second kappa shape index (κ2) is 9.84. The average Bonchev–Trinajstić information content (AvgIpc) is 2.77. The molecule has 30 heavy (non-hydrogen) atoms. The molecule has 2 aromatic rings. The highest BCUT2D eigenvalue weighted by molar-refractivity contribution is 5.94. The summed E-state index contributed by atoms with van der Waals surface area (Å²) in [4.78, 5) is 24.1. The summed E-state index contributed by atoms with van der Waals surface area (Å²) in [5, 5.41) is 0. The predicted octanol–water partition coefficient (Wildman–Crippen LogP) is 4.66. The molecule has 7 nitrogen and oxygen atoms in total. The van der Waals surface area contributed by atoms with Gasteiger partial charge in [-0.05, 0) is 44.0 Å². The van der Waals surface area contributed by atoms with Crippen molar-refractivity contribution in [2.45, 2.75) is 38.3 Å². The highest BCUT2D eigenvalue weighted by Gasteiger charge is 2.36. The van der Waals surface area contributed by atoms with E-state index >= 15 is 0 Å². The Morgan fingerprint density at radius 1 is 1.17 bits per heavy atom. The van der Waals surface area contributed by atoms with E-state index in [0.717, 1.165) is 12.8 Å². The lowest BCUT2D eigenvalue weighted by Crippen LogP contribution is -2.38. The highest BCUT2D eigenvalue weighted by atomic mass is 16.8. The molecule has 0 bridgehead atoms. The molecule has 1 heterocycles. The largest absolute Gasteiger partial charge is 0.465 e. The van der Waals surface area contributed by atoms with E-state index in [4.69, 9.17) is 23.7 Å². The first-order valence-electron chi connectivity index (χ1n) is 9.78. The van der Waals surface area contributed by atoms with E-state index in [-0.39, 0.29) is 16.9 Å². The van der Waals surface area contributed by atoms with E-state index in [2.05, 4.69) is 0 Å². The summed E-state index contributed by atoms with van der Waals surface area (Å²) < 4.78 is 28.6. The van der Waals surface area contributed by atoms with Gasteiger partial charge in [-0.2, -0.15) is 0 Å². The van der Waals surface area contributed by atoms with Crippen molar-refractivity contribution < 1.29 is 33.3 Å². The molecule has 1 aliphatic heterocycles. The molecule has 2 aromatic carbocycles. The third-order valence-electron chi connectivity index (χ3n) is 4.92. The minimum absolute atomic E-state index is 0.124. The fraction of sp³-hybridized carbons (Fsp3) is 0.391. The van der Waals surface area contributed by atoms with Crippen LogP contribution in [0.15, 0.2) is 42.5 Å². The Bertz CT molecular complexity index is 873. The summed E-state index contributed by atoms with van der Waals surface area (Å²) >= 11 is 0. The molecule has 0 radical (unpaired) electrons. The van der Waals surface area contributed by atoms with Crippen molar-refractivity contribution in [3.05, 3.63) is 59.2 Å². The van der Waals surface area contributed by atoms with Crippen LogP contribution in [-0.2, 0) is 18.9 Å². The molecule has 1 fully saturated rings. The van der Waals surface area contributed by atoms with Crippen LogP contribution < -0.4 is 4.74 Å². The van der Waals surface area contributed by atoms with Gasteiger partial charge in [-0.1, -0.05) is 18.2 Å². The second-order valence-corrected chi connectivity index (χ2v) is 7.13. The average molecular weight is 414 g/mol. The molecule has 2 atom stereocenters. The van der Waals surface area contributed by atoms with Crippen molar-refractivity contribution in [3.63, 3.8) is 0 Å². The first kappa shape index (κ1) is 22.0. The smallest absolute Gasteiger partial charge is 0.338 e. The maximum atomic E-state index is 12.6. The Kier molecular flexibility index (Phi) is 7.20. The van der Waals surface area contributed by atoms with Crippen LogP contribution in [0, 0.1) is 0 Å². The topological polar surface area (TPSA) is 80.3 Å². The SMILES string of the molecule is COC(=O)c1cc(C=O)cc(Oc2ccccc2)c1C(OC)OC1(C)CCCCO1. The highest BCUT2D eigenvalue weighted by Crippen LogP contribution is 2.40. The molecule has 0 spiro atoms. The molecule has 0 aliphatic carbocycles. The van der Waals surface area contributed by atoms with E-state index in [1.54, 1.807) is 18.2 Å². The van der Waals surface area contributed by atoms with Gasteiger partial charge in [0.15, 0.2) is 12.1 Å². The number of methoxy groups -OCH3 is 2. The Labute approximate surface area is 175 Å². The Hall–Kier alpha value is -2.74. The molecule has 0 aromatic heterocycles. The summed E-state index contributed by atoms with van der Waals surface area (Å²) in [5.74, 6) is -0.711. The van der Waals surface area contributed by atoms with Gasteiger partial charge in [0.1, 0.15) is 17.8 Å². The normalized spacial score (nSPS) is 19.7. The zero-order valence-corrected chi connectivity index (χ0v) is 17.4. The molecular weight excluding hydrogens is 388 g/mol. The van der Waals surface area contributed by atoms with Crippen LogP contribution in [-0.4, -0.2) is 38.9 Å². The lowest BCUT2D eigenvalue weighted by atomic mass is 10.0. The molecule has 160 valence electrons. The van der Waals surface area contributed by atoms with Gasteiger partial charge in [0.25, 0.3) is 0 Å². The standard InChI is InChI=1S/C23H26O7/c1-23(11-7-8-12-28-23)30-22(27-3)20-18(21(25)26-2)13-16(15-24)14-19(20)29-17-9-5-4-6-10-17/h4-6,9-10,13-15,22H,7-8,11-12H2,1-3H3. The quantitative estimate of drug-likeness (QED) is 0.353. The van der Waals surface area contributed by atoms with E-state index in [9.17, 15) is 9.59 Å². The maximum absolute atomic E-state index is 12.6. The molecular formula is C23H26O7. The van der Waals surface area contributed by atoms with Crippen molar-refractivity contribution in [3.8, 4) is 11.5 Å². The second-order valence-electron chi connectivity index (χ2n) is 7.13. The third kappa shape index (κ3) is 5.05. The van der Waals surface area contributed by atoms with Gasteiger partial charge in [-0.25, -0.2) is 4.79 Å². The first-order valence-corrected chi connectivity index (χ1v) is 9.78. The molecule has 0 N–H and O–H groups in total. The van der Waals surface area contributed by atoms with E-state index in [0.29, 0.717) is 30.6 Å². The predicted molar refractivity (Wildman–Crippen MR) is 109 cm³/mol. The Balaban J connectivity index is 2.09. The number of hydrogen-bond acceptors (Lipinski definition) is 7. The summed E-state index contributed by atoms with van der Waals surface area (Å²) in [6.45, 7) is 2.42. The lowest BCUT2D eigenvalue weighted by molar-refractivity contribution is -0.312. The van der Waals surface area contributed by atoms with Crippen LogP contribution in [0.4, 0.5) is 0 Å². The molecule has 7 heteroatoms. The van der Waals surface area contributed by atoms with Crippen molar-refractivity contribution in [2.75, 3.05) is 20.8 Å². The van der Waals surface area contributed by atoms with Gasteiger partial charge in [0.05, 0.1) is 24.8 Å². The fourth-order valence-corrected chi connectivity index (χ4v) is 3.39. The third-order valence-corrected chi connectivity index (χ3v) is 4.92. The summed E-state index contributed by atoms with van der Waals surface area (Å²) in [6.07, 6.45) is 2.25. The number of carbonyl (C=O) groups excluding carboxylic acids is 2. The summed E-state index contributed by atoms with van der Waals surface area (Å²) in [7, 11) is 2.74. The minimum atomic E-state index is -0.985. The van der Waals surface area contributed by atoms with Crippen LogP contribution >= 0.6 is 0 Å². The number of ether oxygens (including phenoxy) is 5. The summed E-state index contributed by atoms with van der Waals surface area (Å²) in [6, 6.07) is 12.0. The molecule has 0 amide bonds. The van der Waals surface area contributed by atoms with Crippen molar-refractivity contribution in [1.82, 2.24) is 0 Å². The zero-order chi connectivity index (χ0) is 21.6. The van der Waals surface area contributed by atoms with E-state index in [1.807, 2.05) is 25.1 Å². The van der Waals surface area contributed by atoms with Gasteiger partial charge < -0.3 is 23.7 Å². The molecule has 0 saturated carbocycles.